The van der Waals surface area contributed by atoms with Crippen LogP contribution in [0.4, 0.5) is 0 Å². The Morgan fingerprint density at radius 2 is 2.25 bits per heavy atom. The van der Waals surface area contributed by atoms with Crippen LogP contribution < -0.4 is 10.7 Å². The molecule has 0 unspecified atom stereocenters. The van der Waals surface area contributed by atoms with Crippen molar-refractivity contribution in [3.8, 4) is 0 Å². The number of pyridine rings is 1. The van der Waals surface area contributed by atoms with Crippen molar-refractivity contribution < 1.29 is 0 Å². The number of aromatic nitrogens is 1. The highest BCUT2D eigenvalue weighted by Crippen LogP contribution is 1.96. The first kappa shape index (κ1) is 12.9. The van der Waals surface area contributed by atoms with Gasteiger partial charge in [0.05, 0.1) is 0 Å². The summed E-state index contributed by atoms with van der Waals surface area (Å²) in [7, 11) is 2.02. The molecule has 90 valence electrons. The second-order valence-corrected chi connectivity index (χ2v) is 4.10. The second-order valence-electron chi connectivity index (χ2n) is 4.10. The molecule has 4 heteroatoms. The van der Waals surface area contributed by atoms with Gasteiger partial charge >= 0.3 is 0 Å². The molecule has 0 fully saturated rings. The first-order chi connectivity index (χ1) is 7.63. The molecule has 0 saturated carbocycles. The van der Waals surface area contributed by atoms with E-state index in [4.69, 9.17) is 0 Å². The van der Waals surface area contributed by atoms with Crippen LogP contribution in [-0.4, -0.2) is 36.6 Å². The van der Waals surface area contributed by atoms with Gasteiger partial charge in [-0.2, -0.15) is 0 Å². The Bertz CT molecular complexity index is 373. The first-order valence-electron chi connectivity index (χ1n) is 5.71. The van der Waals surface area contributed by atoms with Crippen LogP contribution in [-0.2, 0) is 6.54 Å². The predicted molar refractivity (Wildman–Crippen MR) is 66.7 cm³/mol. The molecule has 0 spiro atoms. The Kier molecular flexibility index (Phi) is 5.22. The van der Waals surface area contributed by atoms with Gasteiger partial charge in [0.2, 0.25) is 0 Å². The summed E-state index contributed by atoms with van der Waals surface area (Å²) in [6.45, 7) is 7.56. The molecule has 0 aromatic carbocycles. The lowest BCUT2D eigenvalue weighted by Gasteiger charge is -2.16. The summed E-state index contributed by atoms with van der Waals surface area (Å²) in [6.07, 6.45) is 1.81. The van der Waals surface area contributed by atoms with E-state index in [1.54, 1.807) is 12.3 Å². The minimum absolute atomic E-state index is 0.117. The summed E-state index contributed by atoms with van der Waals surface area (Å²) in [4.78, 5) is 16.9. The Hall–Kier alpha value is -1.13. The highest BCUT2D eigenvalue weighted by atomic mass is 16.1. The van der Waals surface area contributed by atoms with E-state index in [1.165, 1.54) is 0 Å². The molecule has 1 rings (SSSR count). The Morgan fingerprint density at radius 3 is 2.88 bits per heavy atom. The van der Waals surface area contributed by atoms with Crippen molar-refractivity contribution in [2.75, 3.05) is 26.7 Å². The van der Waals surface area contributed by atoms with Crippen LogP contribution in [0.5, 0.6) is 0 Å². The molecule has 0 aliphatic carbocycles. The number of nitrogens with zero attached hydrogens (tertiary/aromatic N) is 1. The van der Waals surface area contributed by atoms with Gasteiger partial charge in [-0.3, -0.25) is 4.79 Å². The van der Waals surface area contributed by atoms with Crippen molar-refractivity contribution in [3.05, 3.63) is 33.7 Å². The number of aryl methyl sites for hydroxylation is 1. The SMILES string of the molecule is CCNCCN(C)Cc1c[nH]c(C)cc1=O. The third-order valence-corrected chi connectivity index (χ3v) is 2.50. The minimum Gasteiger partial charge on any atom is -0.365 e. The Morgan fingerprint density at radius 1 is 1.50 bits per heavy atom. The van der Waals surface area contributed by atoms with Gasteiger partial charge in [0.25, 0.3) is 0 Å². The lowest BCUT2D eigenvalue weighted by atomic mass is 10.2. The smallest absolute Gasteiger partial charge is 0.186 e. The number of rotatable bonds is 6. The molecule has 1 aromatic heterocycles. The van der Waals surface area contributed by atoms with Crippen molar-refractivity contribution >= 4 is 0 Å². The molecule has 0 radical (unpaired) electrons. The van der Waals surface area contributed by atoms with Crippen LogP contribution in [0, 0.1) is 6.92 Å². The Balaban J connectivity index is 2.49. The molecule has 16 heavy (non-hydrogen) atoms. The number of H-pyrrole nitrogens is 1. The van der Waals surface area contributed by atoms with Crippen molar-refractivity contribution in [1.29, 1.82) is 0 Å². The van der Waals surface area contributed by atoms with Gasteiger partial charge in [-0.1, -0.05) is 6.92 Å². The van der Waals surface area contributed by atoms with Crippen molar-refractivity contribution in [2.45, 2.75) is 20.4 Å². The molecular formula is C12H21N3O. The summed E-state index contributed by atoms with van der Waals surface area (Å²) in [5, 5.41) is 3.26. The molecular weight excluding hydrogens is 202 g/mol. The fraction of sp³-hybridized carbons (Fsp3) is 0.583. The number of likely N-dealkylation sites (N-methyl/N-ethyl adjacent to an activating group) is 2. The minimum atomic E-state index is 0.117. The van der Waals surface area contributed by atoms with Gasteiger partial charge < -0.3 is 15.2 Å². The maximum absolute atomic E-state index is 11.6. The van der Waals surface area contributed by atoms with Crippen LogP contribution in [0.25, 0.3) is 0 Å². The standard InChI is InChI=1S/C12H21N3O/c1-4-13-5-6-15(3)9-11-8-14-10(2)7-12(11)16/h7-8,13H,4-6,9H2,1-3H3,(H,14,16). The van der Waals surface area contributed by atoms with E-state index in [2.05, 4.69) is 22.1 Å². The molecule has 0 amide bonds. The first-order valence-corrected chi connectivity index (χ1v) is 5.71. The molecule has 4 nitrogen and oxygen atoms in total. The summed E-state index contributed by atoms with van der Waals surface area (Å²) >= 11 is 0. The number of nitrogens with one attached hydrogen (secondary N) is 2. The maximum atomic E-state index is 11.6. The normalized spacial score (nSPS) is 11.0. The predicted octanol–water partition coefficient (Wildman–Crippen LogP) is 0.725. The third kappa shape index (κ3) is 4.16. The van der Waals surface area contributed by atoms with Gasteiger partial charge in [0, 0.05) is 43.2 Å². The van der Waals surface area contributed by atoms with Gasteiger partial charge in [-0.25, -0.2) is 0 Å². The molecule has 1 heterocycles. The number of hydrogen-bond donors (Lipinski definition) is 2. The van der Waals surface area contributed by atoms with Gasteiger partial charge in [0.1, 0.15) is 0 Å². The van der Waals surface area contributed by atoms with Crippen LogP contribution in [0.15, 0.2) is 17.1 Å². The second kappa shape index (κ2) is 6.45. The van der Waals surface area contributed by atoms with Crippen molar-refractivity contribution in [3.63, 3.8) is 0 Å². The fourth-order valence-electron chi connectivity index (χ4n) is 1.54. The van der Waals surface area contributed by atoms with Crippen LogP contribution in [0.3, 0.4) is 0 Å². The van der Waals surface area contributed by atoms with E-state index in [9.17, 15) is 4.79 Å². The van der Waals surface area contributed by atoms with E-state index in [-0.39, 0.29) is 5.43 Å². The quantitative estimate of drug-likeness (QED) is 0.699. The van der Waals surface area contributed by atoms with Gasteiger partial charge in [-0.05, 0) is 20.5 Å². The number of hydrogen-bond acceptors (Lipinski definition) is 3. The molecule has 1 aromatic rings. The van der Waals surface area contributed by atoms with Gasteiger partial charge in [-0.15, -0.1) is 0 Å². The van der Waals surface area contributed by atoms with E-state index in [1.807, 2.05) is 14.0 Å². The summed E-state index contributed by atoms with van der Waals surface area (Å²) in [5.74, 6) is 0. The molecule has 0 atom stereocenters. The fourth-order valence-corrected chi connectivity index (χ4v) is 1.54. The highest BCUT2D eigenvalue weighted by Gasteiger charge is 2.03. The zero-order chi connectivity index (χ0) is 12.0. The van der Waals surface area contributed by atoms with Crippen LogP contribution in [0.1, 0.15) is 18.2 Å². The monoisotopic (exact) mass is 223 g/mol. The largest absolute Gasteiger partial charge is 0.365 e. The third-order valence-electron chi connectivity index (χ3n) is 2.50. The molecule has 0 aliphatic rings. The number of aromatic amines is 1. The zero-order valence-electron chi connectivity index (χ0n) is 10.3. The average molecular weight is 223 g/mol. The van der Waals surface area contributed by atoms with Gasteiger partial charge in [0.15, 0.2) is 5.43 Å². The highest BCUT2D eigenvalue weighted by molar-refractivity contribution is 5.13. The maximum Gasteiger partial charge on any atom is 0.186 e. The van der Waals surface area contributed by atoms with E-state index >= 15 is 0 Å². The topological polar surface area (TPSA) is 48.1 Å². The molecule has 2 N–H and O–H groups in total. The lowest BCUT2D eigenvalue weighted by molar-refractivity contribution is 0.324. The zero-order valence-corrected chi connectivity index (χ0v) is 10.3. The Labute approximate surface area is 96.7 Å². The van der Waals surface area contributed by atoms with Crippen LogP contribution >= 0.6 is 0 Å². The average Bonchev–Trinajstić information content (AvgIpc) is 2.23. The van der Waals surface area contributed by atoms with Crippen LogP contribution in [0.2, 0.25) is 0 Å². The molecule has 0 aliphatic heterocycles. The lowest BCUT2D eigenvalue weighted by Crippen LogP contribution is -2.30. The summed E-state index contributed by atoms with van der Waals surface area (Å²) in [6, 6.07) is 1.65. The summed E-state index contributed by atoms with van der Waals surface area (Å²) < 4.78 is 0. The van der Waals surface area contributed by atoms with Crippen molar-refractivity contribution in [2.24, 2.45) is 0 Å². The summed E-state index contributed by atoms with van der Waals surface area (Å²) in [5.41, 5.74) is 1.85. The van der Waals surface area contributed by atoms with E-state index in [0.29, 0.717) is 6.54 Å². The molecule has 0 saturated heterocycles. The molecule has 0 bridgehead atoms. The van der Waals surface area contributed by atoms with E-state index in [0.717, 1.165) is 30.9 Å². The van der Waals surface area contributed by atoms with E-state index < -0.39 is 0 Å². The van der Waals surface area contributed by atoms with Crippen molar-refractivity contribution in [1.82, 2.24) is 15.2 Å².